The van der Waals surface area contributed by atoms with Gasteiger partial charge in [-0.05, 0) is 6.92 Å². The van der Waals surface area contributed by atoms with E-state index in [-0.39, 0.29) is 25.0 Å². The lowest BCUT2D eigenvalue weighted by Crippen LogP contribution is -2.54. The Labute approximate surface area is 72.1 Å². The highest BCUT2D eigenvalue weighted by Gasteiger charge is 2.30. The second-order valence-corrected chi connectivity index (χ2v) is 2.85. The van der Waals surface area contributed by atoms with Crippen molar-refractivity contribution >= 4 is 5.91 Å². The van der Waals surface area contributed by atoms with E-state index < -0.39 is 0 Å². The summed E-state index contributed by atoms with van der Waals surface area (Å²) in [6.45, 7) is 3.96. The summed E-state index contributed by atoms with van der Waals surface area (Å²) in [5, 5.41) is 8.50. The summed E-state index contributed by atoms with van der Waals surface area (Å²) in [6, 6.07) is 0. The third-order valence-corrected chi connectivity index (χ3v) is 1.93. The molecule has 0 radical (unpaired) electrons. The maximum Gasteiger partial charge on any atom is 0.225 e. The van der Waals surface area contributed by atoms with Crippen molar-refractivity contribution in [2.24, 2.45) is 0 Å². The van der Waals surface area contributed by atoms with Crippen LogP contribution in [0.3, 0.4) is 0 Å². The topological polar surface area (TPSA) is 49.8 Å². The van der Waals surface area contributed by atoms with Crippen molar-refractivity contribution in [1.82, 2.24) is 4.90 Å². The van der Waals surface area contributed by atoms with Crippen LogP contribution in [-0.4, -0.2) is 48.3 Å². The van der Waals surface area contributed by atoms with Gasteiger partial charge in [0, 0.05) is 26.1 Å². The highest BCUT2D eigenvalue weighted by atomic mass is 16.5. The van der Waals surface area contributed by atoms with E-state index in [2.05, 4.69) is 0 Å². The van der Waals surface area contributed by atoms with Gasteiger partial charge in [-0.3, -0.25) is 4.79 Å². The normalized spacial score (nSPS) is 17.7. The average molecular weight is 173 g/mol. The molecule has 0 atom stereocenters. The summed E-state index contributed by atoms with van der Waals surface area (Å²) in [4.78, 5) is 12.8. The number of aliphatic hydroxyl groups excluding tert-OH is 1. The molecule has 0 unspecified atom stereocenters. The highest BCUT2D eigenvalue weighted by Crippen LogP contribution is 2.12. The minimum atomic E-state index is -0.0609. The molecule has 0 saturated carbocycles. The van der Waals surface area contributed by atoms with Gasteiger partial charge in [-0.2, -0.15) is 0 Å². The van der Waals surface area contributed by atoms with E-state index in [9.17, 15) is 4.79 Å². The maximum atomic E-state index is 11.1. The van der Waals surface area contributed by atoms with Crippen LogP contribution in [0, 0.1) is 0 Å². The summed E-state index contributed by atoms with van der Waals surface area (Å²) in [7, 11) is 0. The Hall–Kier alpha value is -0.610. The van der Waals surface area contributed by atoms with E-state index >= 15 is 0 Å². The predicted octanol–water partition coefficient (Wildman–Crippen LogP) is -0.384. The van der Waals surface area contributed by atoms with Crippen LogP contribution in [0.25, 0.3) is 0 Å². The Morgan fingerprint density at radius 3 is 2.83 bits per heavy atom. The molecule has 1 N–H and O–H groups in total. The van der Waals surface area contributed by atoms with Gasteiger partial charge in [0.15, 0.2) is 0 Å². The molecule has 4 nitrogen and oxygen atoms in total. The van der Waals surface area contributed by atoms with Gasteiger partial charge in [-0.15, -0.1) is 0 Å². The number of carbonyl (C=O) groups excluding carboxylic acids is 1. The Kier molecular flexibility index (Phi) is 3.49. The third kappa shape index (κ3) is 2.19. The molecule has 70 valence electrons. The zero-order valence-corrected chi connectivity index (χ0v) is 7.32. The van der Waals surface area contributed by atoms with Crippen molar-refractivity contribution in [1.29, 1.82) is 0 Å². The molecule has 1 amide bonds. The fraction of sp³-hybridized carbons (Fsp3) is 0.875. The zero-order valence-electron chi connectivity index (χ0n) is 7.32. The van der Waals surface area contributed by atoms with Crippen LogP contribution in [0.5, 0.6) is 0 Å². The largest absolute Gasteiger partial charge is 0.396 e. The molecule has 12 heavy (non-hydrogen) atoms. The first-order valence-electron chi connectivity index (χ1n) is 4.28. The summed E-state index contributed by atoms with van der Waals surface area (Å²) < 4.78 is 5.28. The molecular weight excluding hydrogens is 158 g/mol. The van der Waals surface area contributed by atoms with Crippen molar-refractivity contribution in [3.05, 3.63) is 0 Å². The van der Waals surface area contributed by atoms with Crippen LogP contribution in [-0.2, 0) is 9.53 Å². The van der Waals surface area contributed by atoms with Crippen LogP contribution in [0.2, 0.25) is 0 Å². The lowest BCUT2D eigenvalue weighted by atomic mass is 10.1. The SMILES string of the molecule is CCOC1CN(C(=O)CCO)C1. The van der Waals surface area contributed by atoms with E-state index in [1.807, 2.05) is 6.92 Å². The van der Waals surface area contributed by atoms with Crippen molar-refractivity contribution < 1.29 is 14.6 Å². The van der Waals surface area contributed by atoms with Gasteiger partial charge in [-0.1, -0.05) is 0 Å². The lowest BCUT2D eigenvalue weighted by Gasteiger charge is -2.38. The maximum absolute atomic E-state index is 11.1. The van der Waals surface area contributed by atoms with Crippen LogP contribution in [0.4, 0.5) is 0 Å². The van der Waals surface area contributed by atoms with Crippen LogP contribution >= 0.6 is 0 Å². The molecule has 0 aromatic carbocycles. The van der Waals surface area contributed by atoms with Crippen LogP contribution in [0.15, 0.2) is 0 Å². The summed E-state index contributed by atoms with van der Waals surface area (Å²) in [5.41, 5.74) is 0. The molecule has 1 aliphatic heterocycles. The highest BCUT2D eigenvalue weighted by molar-refractivity contribution is 5.77. The molecule has 4 heteroatoms. The number of nitrogens with zero attached hydrogens (tertiary/aromatic N) is 1. The van der Waals surface area contributed by atoms with Crippen LogP contribution < -0.4 is 0 Å². The fourth-order valence-electron chi connectivity index (χ4n) is 1.24. The fourth-order valence-corrected chi connectivity index (χ4v) is 1.24. The van der Waals surface area contributed by atoms with Crippen molar-refractivity contribution in [3.8, 4) is 0 Å². The van der Waals surface area contributed by atoms with Crippen LogP contribution in [0.1, 0.15) is 13.3 Å². The number of rotatable bonds is 4. The molecule has 0 aromatic rings. The molecule has 1 rings (SSSR count). The number of amides is 1. The predicted molar refractivity (Wildman–Crippen MR) is 43.7 cm³/mol. The Balaban J connectivity index is 2.12. The number of hydrogen-bond donors (Lipinski definition) is 1. The van der Waals surface area contributed by atoms with Crippen molar-refractivity contribution in [2.45, 2.75) is 19.4 Å². The Bertz CT molecular complexity index is 154. The molecule has 0 spiro atoms. The average Bonchev–Trinajstić information content (AvgIpc) is 1.96. The van der Waals surface area contributed by atoms with Gasteiger partial charge in [0.05, 0.1) is 12.7 Å². The van der Waals surface area contributed by atoms with E-state index in [0.29, 0.717) is 19.7 Å². The first-order valence-corrected chi connectivity index (χ1v) is 4.28. The van der Waals surface area contributed by atoms with E-state index in [1.165, 1.54) is 0 Å². The minimum Gasteiger partial charge on any atom is -0.396 e. The first kappa shape index (κ1) is 9.48. The van der Waals surface area contributed by atoms with Gasteiger partial charge in [-0.25, -0.2) is 0 Å². The smallest absolute Gasteiger partial charge is 0.225 e. The molecule has 0 bridgehead atoms. The quantitative estimate of drug-likeness (QED) is 0.630. The second kappa shape index (κ2) is 4.42. The van der Waals surface area contributed by atoms with E-state index in [1.54, 1.807) is 4.90 Å². The second-order valence-electron chi connectivity index (χ2n) is 2.85. The van der Waals surface area contributed by atoms with E-state index in [4.69, 9.17) is 9.84 Å². The lowest BCUT2D eigenvalue weighted by molar-refractivity contribution is -0.145. The Morgan fingerprint density at radius 1 is 1.67 bits per heavy atom. The molecule has 1 saturated heterocycles. The molecular formula is C8H15NO3. The number of aliphatic hydroxyl groups is 1. The standard InChI is InChI=1S/C8H15NO3/c1-2-12-7-5-9(6-7)8(11)3-4-10/h7,10H,2-6H2,1H3. The number of likely N-dealkylation sites (tertiary alicyclic amines) is 1. The molecule has 1 fully saturated rings. The van der Waals surface area contributed by atoms with Gasteiger partial charge >= 0.3 is 0 Å². The minimum absolute atomic E-state index is 0.0217. The van der Waals surface area contributed by atoms with Gasteiger partial charge in [0.1, 0.15) is 0 Å². The first-order chi connectivity index (χ1) is 5.77. The zero-order chi connectivity index (χ0) is 8.97. The number of carbonyl (C=O) groups is 1. The molecule has 1 aliphatic rings. The number of ether oxygens (including phenoxy) is 1. The van der Waals surface area contributed by atoms with Gasteiger partial charge in [0.2, 0.25) is 5.91 Å². The van der Waals surface area contributed by atoms with Crippen molar-refractivity contribution in [2.75, 3.05) is 26.3 Å². The molecule has 0 aliphatic carbocycles. The third-order valence-electron chi connectivity index (χ3n) is 1.93. The summed E-state index contributed by atoms with van der Waals surface area (Å²) >= 11 is 0. The van der Waals surface area contributed by atoms with Gasteiger partial charge < -0.3 is 14.7 Å². The summed E-state index contributed by atoms with van der Waals surface area (Å²) in [6.07, 6.45) is 0.455. The van der Waals surface area contributed by atoms with Gasteiger partial charge in [0.25, 0.3) is 0 Å². The molecule has 0 aromatic heterocycles. The monoisotopic (exact) mass is 173 g/mol. The summed E-state index contributed by atoms with van der Waals surface area (Å²) in [5.74, 6) is 0.0217. The number of hydrogen-bond acceptors (Lipinski definition) is 3. The molecule has 1 heterocycles. The van der Waals surface area contributed by atoms with Crippen molar-refractivity contribution in [3.63, 3.8) is 0 Å². The van der Waals surface area contributed by atoms with E-state index in [0.717, 1.165) is 0 Å². The Morgan fingerprint density at radius 2 is 2.33 bits per heavy atom.